The van der Waals surface area contributed by atoms with Crippen molar-refractivity contribution in [2.45, 2.75) is 19.9 Å². The standard InChI is InChI=1S/C6H9IN2O/c1-4(2)9-5(7)3-10-6(9)8/h3-4,8H,1-2H3. The van der Waals surface area contributed by atoms with Crippen LogP contribution in [0.4, 0.5) is 0 Å². The summed E-state index contributed by atoms with van der Waals surface area (Å²) in [4.78, 5) is 0. The molecule has 0 aromatic carbocycles. The predicted octanol–water partition coefficient (Wildman–Crippen LogP) is 1.75. The first kappa shape index (κ1) is 7.84. The fourth-order valence-corrected chi connectivity index (χ4v) is 1.70. The molecule has 0 fully saturated rings. The molecule has 0 saturated carbocycles. The Kier molecular flexibility index (Phi) is 2.18. The van der Waals surface area contributed by atoms with E-state index in [-0.39, 0.29) is 5.68 Å². The normalized spacial score (nSPS) is 10.8. The summed E-state index contributed by atoms with van der Waals surface area (Å²) in [6.45, 7) is 4.05. The molecular weight excluding hydrogens is 243 g/mol. The van der Waals surface area contributed by atoms with E-state index in [2.05, 4.69) is 22.6 Å². The summed E-state index contributed by atoms with van der Waals surface area (Å²) in [5.41, 5.74) is 0.222. The number of nitrogens with zero attached hydrogens (tertiary/aromatic N) is 1. The third kappa shape index (κ3) is 1.25. The summed E-state index contributed by atoms with van der Waals surface area (Å²) in [5.74, 6) is 0. The molecule has 3 nitrogen and oxygen atoms in total. The second-order valence-electron chi connectivity index (χ2n) is 2.33. The largest absolute Gasteiger partial charge is 0.431 e. The van der Waals surface area contributed by atoms with E-state index in [1.165, 1.54) is 0 Å². The molecule has 10 heavy (non-hydrogen) atoms. The van der Waals surface area contributed by atoms with E-state index in [4.69, 9.17) is 9.83 Å². The molecule has 1 aromatic heterocycles. The van der Waals surface area contributed by atoms with Gasteiger partial charge in [0.05, 0.1) is 0 Å². The van der Waals surface area contributed by atoms with Crippen molar-refractivity contribution in [3.8, 4) is 0 Å². The molecule has 1 aromatic rings. The lowest BCUT2D eigenvalue weighted by Crippen LogP contribution is -2.17. The van der Waals surface area contributed by atoms with Gasteiger partial charge in [-0.2, -0.15) is 0 Å². The fourth-order valence-electron chi connectivity index (χ4n) is 0.796. The molecule has 0 unspecified atom stereocenters. The van der Waals surface area contributed by atoms with Gasteiger partial charge in [-0.3, -0.25) is 9.98 Å². The Morgan fingerprint density at radius 3 is 2.50 bits per heavy atom. The first-order valence-electron chi connectivity index (χ1n) is 3.03. The van der Waals surface area contributed by atoms with Gasteiger partial charge in [0.25, 0.3) is 5.68 Å². The van der Waals surface area contributed by atoms with E-state index in [9.17, 15) is 0 Å². The van der Waals surface area contributed by atoms with Crippen molar-refractivity contribution in [2.24, 2.45) is 0 Å². The lowest BCUT2D eigenvalue weighted by Gasteiger charge is -2.04. The van der Waals surface area contributed by atoms with Gasteiger partial charge in [0.1, 0.15) is 9.96 Å². The Labute approximate surface area is 72.7 Å². The molecule has 0 aliphatic heterocycles. The van der Waals surface area contributed by atoms with Gasteiger partial charge in [0, 0.05) is 6.04 Å². The van der Waals surface area contributed by atoms with E-state index in [1.807, 2.05) is 18.4 Å². The SMILES string of the molecule is CC(C)n1c(I)coc1=N. The molecule has 0 bridgehead atoms. The molecule has 0 saturated heterocycles. The first-order chi connectivity index (χ1) is 4.63. The van der Waals surface area contributed by atoms with Crippen LogP contribution >= 0.6 is 22.6 Å². The predicted molar refractivity (Wildman–Crippen MR) is 45.7 cm³/mol. The van der Waals surface area contributed by atoms with Crippen molar-refractivity contribution in [1.29, 1.82) is 5.41 Å². The Balaban J connectivity index is 3.23. The highest BCUT2D eigenvalue weighted by atomic mass is 127. The average molecular weight is 252 g/mol. The summed E-state index contributed by atoms with van der Waals surface area (Å²) in [5, 5.41) is 7.31. The van der Waals surface area contributed by atoms with Crippen LogP contribution in [0.3, 0.4) is 0 Å². The molecule has 0 aliphatic rings. The van der Waals surface area contributed by atoms with Gasteiger partial charge in [0.15, 0.2) is 0 Å². The molecule has 1 rings (SSSR count). The highest BCUT2D eigenvalue weighted by Gasteiger charge is 2.04. The second-order valence-corrected chi connectivity index (χ2v) is 3.43. The van der Waals surface area contributed by atoms with Crippen LogP contribution in [0.25, 0.3) is 0 Å². The number of hydrogen-bond acceptors (Lipinski definition) is 2. The minimum atomic E-state index is 0.222. The van der Waals surface area contributed by atoms with Gasteiger partial charge < -0.3 is 4.42 Å². The lowest BCUT2D eigenvalue weighted by molar-refractivity contribution is 0.428. The van der Waals surface area contributed by atoms with Gasteiger partial charge in [-0.05, 0) is 36.4 Å². The Hall–Kier alpha value is -0.260. The third-order valence-corrected chi connectivity index (χ3v) is 2.01. The van der Waals surface area contributed by atoms with E-state index >= 15 is 0 Å². The van der Waals surface area contributed by atoms with Gasteiger partial charge in [-0.15, -0.1) is 0 Å². The molecule has 0 radical (unpaired) electrons. The van der Waals surface area contributed by atoms with Gasteiger partial charge >= 0.3 is 0 Å². The molecule has 1 N–H and O–H groups in total. The number of nitrogens with one attached hydrogen (secondary N) is 1. The summed E-state index contributed by atoms with van der Waals surface area (Å²) in [6, 6.07) is 0.304. The summed E-state index contributed by atoms with van der Waals surface area (Å²) < 4.78 is 7.67. The monoisotopic (exact) mass is 252 g/mol. The van der Waals surface area contributed by atoms with Crippen molar-refractivity contribution in [3.05, 3.63) is 15.6 Å². The van der Waals surface area contributed by atoms with Crippen LogP contribution in [0, 0.1) is 9.11 Å². The van der Waals surface area contributed by atoms with E-state index in [0.29, 0.717) is 6.04 Å². The van der Waals surface area contributed by atoms with E-state index in [1.54, 1.807) is 6.26 Å². The number of halogens is 1. The minimum Gasteiger partial charge on any atom is -0.431 e. The quantitative estimate of drug-likeness (QED) is 0.760. The maximum Gasteiger partial charge on any atom is 0.294 e. The third-order valence-electron chi connectivity index (χ3n) is 1.23. The molecule has 4 heteroatoms. The number of hydrogen-bond donors (Lipinski definition) is 1. The molecule has 0 amide bonds. The highest BCUT2D eigenvalue weighted by molar-refractivity contribution is 14.1. The highest BCUT2D eigenvalue weighted by Crippen LogP contribution is 2.08. The zero-order chi connectivity index (χ0) is 7.72. The smallest absolute Gasteiger partial charge is 0.294 e. The van der Waals surface area contributed by atoms with Gasteiger partial charge in [-0.1, -0.05) is 0 Å². The number of oxazole rings is 1. The first-order valence-corrected chi connectivity index (χ1v) is 4.11. The Morgan fingerprint density at radius 2 is 2.30 bits per heavy atom. The maximum atomic E-state index is 7.31. The van der Waals surface area contributed by atoms with Crippen LogP contribution < -0.4 is 5.68 Å². The maximum absolute atomic E-state index is 7.31. The zero-order valence-corrected chi connectivity index (χ0v) is 8.05. The van der Waals surface area contributed by atoms with Crippen LogP contribution in [0.5, 0.6) is 0 Å². The minimum absolute atomic E-state index is 0.222. The van der Waals surface area contributed by atoms with Crippen molar-refractivity contribution < 1.29 is 4.42 Å². The molecule has 0 aliphatic carbocycles. The Bertz CT molecular complexity index is 274. The van der Waals surface area contributed by atoms with Gasteiger partial charge in [-0.25, -0.2) is 0 Å². The second kappa shape index (κ2) is 2.77. The van der Waals surface area contributed by atoms with Crippen molar-refractivity contribution in [3.63, 3.8) is 0 Å². The van der Waals surface area contributed by atoms with Crippen LogP contribution in [-0.4, -0.2) is 4.57 Å². The van der Waals surface area contributed by atoms with Crippen molar-refractivity contribution in [1.82, 2.24) is 4.57 Å². The molecule has 0 spiro atoms. The van der Waals surface area contributed by atoms with Crippen molar-refractivity contribution >= 4 is 22.6 Å². The van der Waals surface area contributed by atoms with Crippen LogP contribution in [0.15, 0.2) is 10.7 Å². The lowest BCUT2D eigenvalue weighted by atomic mass is 10.4. The Morgan fingerprint density at radius 1 is 1.70 bits per heavy atom. The molecule has 56 valence electrons. The summed E-state index contributed by atoms with van der Waals surface area (Å²) >= 11 is 2.15. The summed E-state index contributed by atoms with van der Waals surface area (Å²) in [6.07, 6.45) is 1.59. The van der Waals surface area contributed by atoms with Crippen LogP contribution in [-0.2, 0) is 0 Å². The number of aromatic nitrogens is 1. The number of rotatable bonds is 1. The topological polar surface area (TPSA) is 41.9 Å². The van der Waals surface area contributed by atoms with Crippen LogP contribution in [0.2, 0.25) is 0 Å². The molecule has 0 atom stereocenters. The molecular formula is C6H9IN2O. The molecule has 1 heterocycles. The van der Waals surface area contributed by atoms with E-state index < -0.39 is 0 Å². The van der Waals surface area contributed by atoms with Crippen molar-refractivity contribution in [2.75, 3.05) is 0 Å². The zero-order valence-electron chi connectivity index (χ0n) is 5.89. The van der Waals surface area contributed by atoms with E-state index in [0.717, 1.165) is 3.70 Å². The summed E-state index contributed by atoms with van der Waals surface area (Å²) in [7, 11) is 0. The van der Waals surface area contributed by atoms with Gasteiger partial charge in [0.2, 0.25) is 0 Å². The average Bonchev–Trinajstić information content (AvgIpc) is 2.11. The fraction of sp³-hybridized carbons (Fsp3) is 0.500. The van der Waals surface area contributed by atoms with Crippen LogP contribution in [0.1, 0.15) is 19.9 Å².